The first-order valence-corrected chi connectivity index (χ1v) is 4.94. The number of carbonyl (C=O) groups is 1. The van der Waals surface area contributed by atoms with Gasteiger partial charge in [0.15, 0.2) is 0 Å². The van der Waals surface area contributed by atoms with Crippen molar-refractivity contribution >= 4 is 5.78 Å². The predicted octanol–water partition coefficient (Wildman–Crippen LogP) is 2.52. The smallest absolute Gasteiger partial charge is 0.133 e. The van der Waals surface area contributed by atoms with Gasteiger partial charge in [0.1, 0.15) is 11.6 Å². The third kappa shape index (κ3) is 1.69. The van der Waals surface area contributed by atoms with Gasteiger partial charge in [0.2, 0.25) is 0 Å². The second-order valence-corrected chi connectivity index (χ2v) is 3.96. The topological polar surface area (TPSA) is 17.1 Å². The first kappa shape index (κ1) is 9.38. The summed E-state index contributed by atoms with van der Waals surface area (Å²) in [6.45, 7) is 1.64. The summed E-state index contributed by atoms with van der Waals surface area (Å²) >= 11 is 0. The summed E-state index contributed by atoms with van der Waals surface area (Å²) < 4.78 is 12.9. The first-order valence-electron chi connectivity index (χ1n) is 4.94. The minimum atomic E-state index is -0.176. The largest absolute Gasteiger partial charge is 0.300 e. The maximum Gasteiger partial charge on any atom is 0.133 e. The van der Waals surface area contributed by atoms with Crippen molar-refractivity contribution in [2.45, 2.75) is 26.2 Å². The molecule has 1 aromatic carbocycles. The lowest BCUT2D eigenvalue weighted by atomic mass is 9.82. The van der Waals surface area contributed by atoms with Crippen LogP contribution in [-0.4, -0.2) is 5.78 Å². The zero-order valence-corrected chi connectivity index (χ0v) is 8.22. The number of ketones is 1. The highest BCUT2D eigenvalue weighted by atomic mass is 19.1. The Bertz CT molecular complexity index is 371. The highest BCUT2D eigenvalue weighted by Crippen LogP contribution is 2.26. The molecule has 1 aliphatic carbocycles. The van der Waals surface area contributed by atoms with Crippen LogP contribution in [0, 0.1) is 11.7 Å². The van der Waals surface area contributed by atoms with E-state index in [1.807, 2.05) is 0 Å². The lowest BCUT2D eigenvalue weighted by Crippen LogP contribution is -2.20. The molecule has 0 saturated heterocycles. The van der Waals surface area contributed by atoms with Gasteiger partial charge in [0.25, 0.3) is 0 Å². The number of hydrogen-bond acceptors (Lipinski definition) is 1. The SMILES string of the molecule is CC(=O)C1CCc2cc(F)ccc2C1. The molecule has 0 aliphatic heterocycles. The third-order valence-electron chi connectivity index (χ3n) is 2.97. The summed E-state index contributed by atoms with van der Waals surface area (Å²) in [6, 6.07) is 4.87. The molecule has 0 heterocycles. The van der Waals surface area contributed by atoms with Gasteiger partial charge in [-0.3, -0.25) is 4.79 Å². The standard InChI is InChI=1S/C12H13FO/c1-8(14)9-2-3-11-7-12(13)5-4-10(11)6-9/h4-5,7,9H,2-3,6H2,1H3. The summed E-state index contributed by atoms with van der Waals surface area (Å²) in [7, 11) is 0. The van der Waals surface area contributed by atoms with Gasteiger partial charge in [-0.25, -0.2) is 4.39 Å². The summed E-state index contributed by atoms with van der Waals surface area (Å²) in [5.74, 6) is 0.220. The van der Waals surface area contributed by atoms with Crippen molar-refractivity contribution in [2.75, 3.05) is 0 Å². The number of Topliss-reactive ketones (excluding diaryl/α,β-unsaturated/α-hetero) is 1. The average Bonchev–Trinajstić information content (AvgIpc) is 2.16. The van der Waals surface area contributed by atoms with Gasteiger partial charge in [-0.15, -0.1) is 0 Å². The average molecular weight is 192 g/mol. The van der Waals surface area contributed by atoms with E-state index in [-0.39, 0.29) is 17.5 Å². The highest BCUT2D eigenvalue weighted by Gasteiger charge is 2.21. The Hall–Kier alpha value is -1.18. The summed E-state index contributed by atoms with van der Waals surface area (Å²) in [4.78, 5) is 11.2. The Morgan fingerprint density at radius 1 is 1.43 bits per heavy atom. The predicted molar refractivity (Wildman–Crippen MR) is 52.6 cm³/mol. The van der Waals surface area contributed by atoms with Crippen molar-refractivity contribution in [1.82, 2.24) is 0 Å². The van der Waals surface area contributed by atoms with E-state index in [0.717, 1.165) is 30.4 Å². The lowest BCUT2D eigenvalue weighted by Gasteiger charge is -2.22. The summed E-state index contributed by atoms with van der Waals surface area (Å²) in [5.41, 5.74) is 2.21. The van der Waals surface area contributed by atoms with Crippen LogP contribution >= 0.6 is 0 Å². The van der Waals surface area contributed by atoms with E-state index < -0.39 is 0 Å². The van der Waals surface area contributed by atoms with Crippen LogP contribution < -0.4 is 0 Å². The molecule has 1 nitrogen and oxygen atoms in total. The summed E-state index contributed by atoms with van der Waals surface area (Å²) in [6.07, 6.45) is 2.48. The Morgan fingerprint density at radius 3 is 2.93 bits per heavy atom. The third-order valence-corrected chi connectivity index (χ3v) is 2.97. The summed E-state index contributed by atoms with van der Waals surface area (Å²) in [5, 5.41) is 0. The molecule has 2 rings (SSSR count). The van der Waals surface area contributed by atoms with Crippen LogP contribution in [-0.2, 0) is 17.6 Å². The van der Waals surface area contributed by atoms with Crippen molar-refractivity contribution in [3.05, 3.63) is 35.1 Å². The number of hydrogen-bond donors (Lipinski definition) is 0. The molecule has 0 N–H and O–H groups in total. The maximum absolute atomic E-state index is 12.9. The van der Waals surface area contributed by atoms with Crippen molar-refractivity contribution < 1.29 is 9.18 Å². The maximum atomic E-state index is 12.9. The van der Waals surface area contributed by atoms with E-state index in [1.165, 1.54) is 6.07 Å². The van der Waals surface area contributed by atoms with Crippen molar-refractivity contribution in [3.63, 3.8) is 0 Å². The molecule has 0 bridgehead atoms. The van der Waals surface area contributed by atoms with Crippen LogP contribution in [0.1, 0.15) is 24.5 Å². The number of aryl methyl sites for hydroxylation is 1. The minimum absolute atomic E-state index is 0.146. The molecule has 74 valence electrons. The molecule has 0 aromatic heterocycles. The van der Waals surface area contributed by atoms with Crippen molar-refractivity contribution in [3.8, 4) is 0 Å². The van der Waals surface area contributed by atoms with Crippen LogP contribution in [0.2, 0.25) is 0 Å². The van der Waals surface area contributed by atoms with Gasteiger partial charge in [-0.2, -0.15) is 0 Å². The Morgan fingerprint density at radius 2 is 2.21 bits per heavy atom. The molecular formula is C12H13FO. The van der Waals surface area contributed by atoms with E-state index >= 15 is 0 Å². The quantitative estimate of drug-likeness (QED) is 0.668. The first-order chi connectivity index (χ1) is 6.66. The number of benzene rings is 1. The van der Waals surface area contributed by atoms with Gasteiger partial charge in [-0.1, -0.05) is 6.07 Å². The Balaban J connectivity index is 2.27. The second-order valence-electron chi connectivity index (χ2n) is 3.96. The molecule has 1 aliphatic rings. The van der Waals surface area contributed by atoms with E-state index in [2.05, 4.69) is 0 Å². The van der Waals surface area contributed by atoms with E-state index in [9.17, 15) is 9.18 Å². The van der Waals surface area contributed by atoms with Gasteiger partial charge >= 0.3 is 0 Å². The molecule has 0 radical (unpaired) electrons. The fourth-order valence-corrected chi connectivity index (χ4v) is 2.07. The Labute approximate surface area is 82.9 Å². The zero-order valence-electron chi connectivity index (χ0n) is 8.22. The minimum Gasteiger partial charge on any atom is -0.300 e. The zero-order chi connectivity index (χ0) is 10.1. The second kappa shape index (κ2) is 3.52. The van der Waals surface area contributed by atoms with E-state index in [1.54, 1.807) is 19.1 Å². The van der Waals surface area contributed by atoms with E-state index in [4.69, 9.17) is 0 Å². The molecule has 0 fully saturated rings. The van der Waals surface area contributed by atoms with Crippen molar-refractivity contribution in [1.29, 1.82) is 0 Å². The molecule has 1 unspecified atom stereocenters. The van der Waals surface area contributed by atoms with Crippen LogP contribution in [0.15, 0.2) is 18.2 Å². The molecule has 0 saturated carbocycles. The normalized spacial score (nSPS) is 20.3. The lowest BCUT2D eigenvalue weighted by molar-refractivity contribution is -0.121. The fraction of sp³-hybridized carbons (Fsp3) is 0.417. The molecule has 1 aromatic rings. The molecule has 0 amide bonds. The fourth-order valence-electron chi connectivity index (χ4n) is 2.07. The Kier molecular flexibility index (Phi) is 2.36. The van der Waals surface area contributed by atoms with Crippen LogP contribution in [0.25, 0.3) is 0 Å². The van der Waals surface area contributed by atoms with Gasteiger partial charge in [-0.05, 0) is 49.4 Å². The molecular weight excluding hydrogens is 179 g/mol. The van der Waals surface area contributed by atoms with Gasteiger partial charge in [0.05, 0.1) is 0 Å². The number of halogens is 1. The van der Waals surface area contributed by atoms with Crippen LogP contribution in [0.3, 0.4) is 0 Å². The molecule has 2 heteroatoms. The van der Waals surface area contributed by atoms with Crippen LogP contribution in [0.5, 0.6) is 0 Å². The molecule has 14 heavy (non-hydrogen) atoms. The molecule has 1 atom stereocenters. The number of carbonyl (C=O) groups excluding carboxylic acids is 1. The number of fused-ring (bicyclic) bond motifs is 1. The van der Waals surface area contributed by atoms with Gasteiger partial charge < -0.3 is 0 Å². The number of rotatable bonds is 1. The van der Waals surface area contributed by atoms with Crippen LogP contribution in [0.4, 0.5) is 4.39 Å². The highest BCUT2D eigenvalue weighted by molar-refractivity contribution is 5.79. The van der Waals surface area contributed by atoms with Crippen molar-refractivity contribution in [2.24, 2.45) is 5.92 Å². The monoisotopic (exact) mass is 192 g/mol. The van der Waals surface area contributed by atoms with Gasteiger partial charge in [0, 0.05) is 5.92 Å². The molecule has 0 spiro atoms. The van der Waals surface area contributed by atoms with E-state index in [0.29, 0.717) is 0 Å².